The predicted molar refractivity (Wildman–Crippen MR) is 81.4 cm³/mol. The van der Waals surface area contributed by atoms with Crippen molar-refractivity contribution in [3.63, 3.8) is 0 Å². The van der Waals surface area contributed by atoms with Crippen LogP contribution in [0.1, 0.15) is 29.8 Å². The first kappa shape index (κ1) is 17.4. The summed E-state index contributed by atoms with van der Waals surface area (Å²) < 4.78 is 4.59. The summed E-state index contributed by atoms with van der Waals surface area (Å²) in [5.41, 5.74) is 3.26. The van der Waals surface area contributed by atoms with Crippen LogP contribution in [-0.2, 0) is 14.3 Å². The lowest BCUT2D eigenvalue weighted by Gasteiger charge is -2.16. The minimum absolute atomic E-state index is 0.417. The van der Waals surface area contributed by atoms with Gasteiger partial charge in [-0.25, -0.2) is 10.2 Å². The molecule has 2 amide bonds. The molecule has 7 heteroatoms. The molecule has 0 atom stereocenters. The van der Waals surface area contributed by atoms with E-state index in [9.17, 15) is 14.4 Å². The Balaban J connectivity index is 2.60. The molecule has 1 aromatic rings. The third-order valence-electron chi connectivity index (χ3n) is 2.96. The lowest BCUT2D eigenvalue weighted by atomic mass is 10.1. The third kappa shape index (κ3) is 4.69. The summed E-state index contributed by atoms with van der Waals surface area (Å²) in [4.78, 5) is 36.0. The minimum atomic E-state index is -0.786. The number of carbonyl (C=O) groups excluding carboxylic acids is 3. The third-order valence-corrected chi connectivity index (χ3v) is 2.96. The molecule has 1 rings (SSSR count). The van der Waals surface area contributed by atoms with Gasteiger partial charge >= 0.3 is 17.8 Å². The van der Waals surface area contributed by atoms with Crippen LogP contribution < -0.4 is 5.43 Å². The van der Waals surface area contributed by atoms with E-state index in [1.807, 2.05) is 0 Å². The molecule has 0 radical (unpaired) electrons. The van der Waals surface area contributed by atoms with Gasteiger partial charge in [0, 0.05) is 13.1 Å². The van der Waals surface area contributed by atoms with Gasteiger partial charge in [0.2, 0.25) is 0 Å². The molecule has 0 aromatic heterocycles. The van der Waals surface area contributed by atoms with E-state index in [0.29, 0.717) is 24.2 Å². The Morgan fingerprint density at radius 1 is 1.18 bits per heavy atom. The molecule has 0 saturated heterocycles. The van der Waals surface area contributed by atoms with E-state index in [4.69, 9.17) is 0 Å². The van der Waals surface area contributed by atoms with Gasteiger partial charge in [0.15, 0.2) is 0 Å². The number of methoxy groups -OCH3 is 1. The Morgan fingerprint density at radius 3 is 2.27 bits per heavy atom. The van der Waals surface area contributed by atoms with Gasteiger partial charge < -0.3 is 9.64 Å². The van der Waals surface area contributed by atoms with Gasteiger partial charge in [0.25, 0.3) is 0 Å². The lowest BCUT2D eigenvalue weighted by molar-refractivity contribution is -0.145. The van der Waals surface area contributed by atoms with Gasteiger partial charge in [-0.1, -0.05) is 12.1 Å². The summed E-state index contributed by atoms with van der Waals surface area (Å²) in [7, 11) is 1.31. The molecule has 0 aliphatic carbocycles. The highest BCUT2D eigenvalue weighted by molar-refractivity contribution is 6.34. The smallest absolute Gasteiger partial charge is 0.337 e. The summed E-state index contributed by atoms with van der Waals surface area (Å²) >= 11 is 0. The number of carbonyl (C=O) groups is 3. The fourth-order valence-electron chi connectivity index (χ4n) is 1.69. The first-order chi connectivity index (χ1) is 10.5. The second kappa shape index (κ2) is 8.56. The first-order valence-corrected chi connectivity index (χ1v) is 6.84. The quantitative estimate of drug-likeness (QED) is 0.377. The number of nitrogens with zero attached hydrogens (tertiary/aromatic N) is 2. The Hall–Kier alpha value is -2.70. The number of ether oxygens (including phenoxy) is 1. The zero-order chi connectivity index (χ0) is 16.5. The van der Waals surface area contributed by atoms with Gasteiger partial charge in [-0.15, -0.1) is 0 Å². The number of hydrogen-bond donors (Lipinski definition) is 1. The zero-order valence-electron chi connectivity index (χ0n) is 12.8. The number of rotatable bonds is 5. The number of hydrogen-bond acceptors (Lipinski definition) is 5. The molecule has 1 aromatic carbocycles. The van der Waals surface area contributed by atoms with E-state index in [1.54, 1.807) is 38.1 Å². The normalized spacial score (nSPS) is 10.3. The van der Waals surface area contributed by atoms with Gasteiger partial charge in [-0.3, -0.25) is 9.59 Å². The molecule has 0 spiro atoms. The largest absolute Gasteiger partial charge is 0.465 e. The second-order valence-corrected chi connectivity index (χ2v) is 4.29. The van der Waals surface area contributed by atoms with Crippen molar-refractivity contribution >= 4 is 24.0 Å². The van der Waals surface area contributed by atoms with Crippen molar-refractivity contribution in [2.45, 2.75) is 13.8 Å². The summed E-state index contributed by atoms with van der Waals surface area (Å²) in [6, 6.07) is 6.45. The Bertz CT molecular complexity index is 563. The topological polar surface area (TPSA) is 88.1 Å². The van der Waals surface area contributed by atoms with E-state index >= 15 is 0 Å². The number of benzene rings is 1. The summed E-state index contributed by atoms with van der Waals surface area (Å²) in [6.45, 7) is 4.50. The van der Waals surface area contributed by atoms with Crippen molar-refractivity contribution in [2.24, 2.45) is 5.10 Å². The molecule has 22 heavy (non-hydrogen) atoms. The fraction of sp³-hybridized carbons (Fsp3) is 0.333. The van der Waals surface area contributed by atoms with E-state index in [0.717, 1.165) is 0 Å². The van der Waals surface area contributed by atoms with Crippen LogP contribution in [0.2, 0.25) is 0 Å². The summed E-state index contributed by atoms with van der Waals surface area (Å²) in [5.74, 6) is -1.84. The molecule has 7 nitrogen and oxygen atoms in total. The van der Waals surface area contributed by atoms with Crippen LogP contribution in [0.15, 0.2) is 29.4 Å². The fourth-order valence-corrected chi connectivity index (χ4v) is 1.69. The van der Waals surface area contributed by atoms with Crippen LogP contribution >= 0.6 is 0 Å². The SMILES string of the molecule is CCN(CC)C(=O)C(=O)N/N=C\c1ccc(C(=O)OC)cc1. The highest BCUT2D eigenvalue weighted by Crippen LogP contribution is 2.03. The maximum Gasteiger partial charge on any atom is 0.337 e. The van der Waals surface area contributed by atoms with Crippen molar-refractivity contribution in [3.05, 3.63) is 35.4 Å². The van der Waals surface area contributed by atoms with E-state index in [2.05, 4.69) is 15.3 Å². The average Bonchev–Trinajstić information content (AvgIpc) is 2.55. The standard InChI is InChI=1S/C15H19N3O4/c1-4-18(5-2)14(20)13(19)17-16-10-11-6-8-12(9-7-11)15(21)22-3/h6-10H,4-5H2,1-3H3,(H,17,19)/b16-10-. The van der Waals surface area contributed by atoms with Crippen molar-refractivity contribution in [2.75, 3.05) is 20.2 Å². The molecular weight excluding hydrogens is 286 g/mol. The Kier molecular flexibility index (Phi) is 6.75. The maximum absolute atomic E-state index is 11.7. The molecular formula is C15H19N3O4. The van der Waals surface area contributed by atoms with E-state index < -0.39 is 17.8 Å². The van der Waals surface area contributed by atoms with Crippen molar-refractivity contribution in [1.29, 1.82) is 0 Å². The first-order valence-electron chi connectivity index (χ1n) is 6.84. The number of esters is 1. The molecule has 0 aliphatic rings. The van der Waals surface area contributed by atoms with Crippen LogP contribution in [0.5, 0.6) is 0 Å². The molecule has 1 N–H and O–H groups in total. The Labute approximate surface area is 128 Å². The predicted octanol–water partition coefficient (Wildman–Crippen LogP) is 0.792. The molecule has 0 aliphatic heterocycles. The van der Waals surface area contributed by atoms with Crippen molar-refractivity contribution in [1.82, 2.24) is 10.3 Å². The monoisotopic (exact) mass is 305 g/mol. The van der Waals surface area contributed by atoms with E-state index in [-0.39, 0.29) is 0 Å². The summed E-state index contributed by atoms with van der Waals surface area (Å²) in [5, 5.41) is 3.72. The highest BCUT2D eigenvalue weighted by Gasteiger charge is 2.18. The molecule has 0 saturated carbocycles. The Morgan fingerprint density at radius 2 is 1.77 bits per heavy atom. The van der Waals surface area contributed by atoms with Crippen molar-refractivity contribution in [3.8, 4) is 0 Å². The average molecular weight is 305 g/mol. The van der Waals surface area contributed by atoms with Crippen LogP contribution in [0.3, 0.4) is 0 Å². The molecule has 118 valence electrons. The molecule has 0 unspecified atom stereocenters. The van der Waals surface area contributed by atoms with Gasteiger partial charge in [-0.2, -0.15) is 5.10 Å². The minimum Gasteiger partial charge on any atom is -0.465 e. The van der Waals surface area contributed by atoms with Crippen LogP contribution in [0, 0.1) is 0 Å². The van der Waals surface area contributed by atoms with Crippen LogP contribution in [-0.4, -0.2) is 49.1 Å². The maximum atomic E-state index is 11.7. The molecule has 0 heterocycles. The zero-order valence-corrected chi connectivity index (χ0v) is 12.8. The molecule has 0 fully saturated rings. The van der Waals surface area contributed by atoms with Gasteiger partial charge in [0.1, 0.15) is 0 Å². The second-order valence-electron chi connectivity index (χ2n) is 4.29. The van der Waals surface area contributed by atoms with Gasteiger partial charge in [-0.05, 0) is 31.5 Å². The lowest BCUT2D eigenvalue weighted by Crippen LogP contribution is -2.41. The number of likely N-dealkylation sites (N-methyl/N-ethyl adjacent to an activating group) is 1. The highest BCUT2D eigenvalue weighted by atomic mass is 16.5. The number of amides is 2. The van der Waals surface area contributed by atoms with Crippen LogP contribution in [0.4, 0.5) is 0 Å². The summed E-state index contributed by atoms with van der Waals surface area (Å²) in [6.07, 6.45) is 1.38. The number of nitrogens with one attached hydrogen (secondary N) is 1. The van der Waals surface area contributed by atoms with Crippen LogP contribution in [0.25, 0.3) is 0 Å². The number of hydrazone groups is 1. The van der Waals surface area contributed by atoms with Gasteiger partial charge in [0.05, 0.1) is 18.9 Å². The molecule has 0 bridgehead atoms. The van der Waals surface area contributed by atoms with Crippen molar-refractivity contribution < 1.29 is 19.1 Å². The van der Waals surface area contributed by atoms with E-state index in [1.165, 1.54) is 18.2 Å².